The highest BCUT2D eigenvalue weighted by Gasteiger charge is 2.30. The molecule has 0 fully saturated rings. The van der Waals surface area contributed by atoms with Crippen molar-refractivity contribution in [3.05, 3.63) is 24.3 Å². The van der Waals surface area contributed by atoms with Crippen LogP contribution in [0.15, 0.2) is 24.3 Å². The maximum absolute atomic E-state index is 3.71. The fourth-order valence-electron chi connectivity index (χ4n) is 3.02. The zero-order valence-corrected chi connectivity index (χ0v) is 20.5. The maximum atomic E-state index is 3.71. The van der Waals surface area contributed by atoms with E-state index in [0.29, 0.717) is 0 Å². The molecule has 0 atom stereocenters. The van der Waals surface area contributed by atoms with Crippen LogP contribution in [0.2, 0.25) is 0 Å². The highest BCUT2D eigenvalue weighted by atomic mass is 15.0. The van der Waals surface area contributed by atoms with Crippen molar-refractivity contribution in [1.82, 2.24) is 20.9 Å². The monoisotopic (exact) mass is 386 g/mol. The van der Waals surface area contributed by atoms with Crippen LogP contribution in [0.4, 0.5) is 0 Å². The third-order valence-corrected chi connectivity index (χ3v) is 3.91. The van der Waals surface area contributed by atoms with Crippen LogP contribution < -0.4 is 31.8 Å². The second-order valence-electron chi connectivity index (χ2n) is 12.1. The van der Waals surface area contributed by atoms with Crippen molar-refractivity contribution in [3.63, 3.8) is 0 Å². The summed E-state index contributed by atoms with van der Waals surface area (Å²) in [5.74, 6) is 0. The Bertz CT molecular complexity index is 515. The van der Waals surface area contributed by atoms with E-state index in [1.165, 1.54) is 10.9 Å². The first kappa shape index (κ1) is 25.2. The van der Waals surface area contributed by atoms with E-state index < -0.39 is 0 Å². The highest BCUT2D eigenvalue weighted by Crippen LogP contribution is 2.06. The molecule has 6 heteroatoms. The Balaban J connectivity index is 3.14. The van der Waals surface area contributed by atoms with Crippen LogP contribution in [0, 0.1) is 0 Å². The van der Waals surface area contributed by atoms with Crippen LogP contribution in [0.25, 0.3) is 0 Å². The lowest BCUT2D eigenvalue weighted by molar-refractivity contribution is 0.477. The van der Waals surface area contributed by atoms with Gasteiger partial charge >= 0.3 is 14.0 Å². The average Bonchev–Trinajstić information content (AvgIpc) is 2.40. The lowest BCUT2D eigenvalue weighted by Gasteiger charge is -2.33. The minimum atomic E-state index is 0.0195. The molecule has 0 unspecified atom stereocenters. The SMILES string of the molecule is CC(C)(C)NB(NC(C)(C)C)c1ccc(B(NC(C)(C)C)NC(C)(C)C)cc1. The van der Waals surface area contributed by atoms with Gasteiger partial charge in [-0.15, -0.1) is 0 Å². The number of hydrogen-bond acceptors (Lipinski definition) is 4. The zero-order chi connectivity index (χ0) is 22.0. The second-order valence-corrected chi connectivity index (χ2v) is 12.1. The average molecular weight is 386 g/mol. The number of benzene rings is 1. The van der Waals surface area contributed by atoms with Gasteiger partial charge in [0, 0.05) is 22.2 Å². The summed E-state index contributed by atoms with van der Waals surface area (Å²) in [4.78, 5) is 0. The third kappa shape index (κ3) is 10.7. The van der Waals surface area contributed by atoms with Crippen molar-refractivity contribution in [3.8, 4) is 0 Å². The Hall–Kier alpha value is -0.810. The molecule has 1 aromatic rings. The molecule has 0 heterocycles. The van der Waals surface area contributed by atoms with Crippen molar-refractivity contribution in [2.24, 2.45) is 0 Å². The Morgan fingerprint density at radius 2 is 0.607 bits per heavy atom. The molecule has 0 saturated heterocycles. The van der Waals surface area contributed by atoms with Gasteiger partial charge in [-0.1, -0.05) is 24.3 Å². The van der Waals surface area contributed by atoms with Crippen LogP contribution >= 0.6 is 0 Å². The molecule has 0 aliphatic rings. The first-order valence-corrected chi connectivity index (χ1v) is 10.6. The van der Waals surface area contributed by atoms with Gasteiger partial charge in [-0.3, -0.25) is 0 Å². The minimum absolute atomic E-state index is 0.0195. The first-order valence-electron chi connectivity index (χ1n) is 10.6. The maximum Gasteiger partial charge on any atom is 0.341 e. The lowest BCUT2D eigenvalue weighted by atomic mass is 9.61. The Labute approximate surface area is 175 Å². The fraction of sp³-hybridized carbons (Fsp3) is 0.727. The smallest absolute Gasteiger partial charge is 0.333 e. The normalized spacial score (nSPS) is 13.6. The third-order valence-electron chi connectivity index (χ3n) is 3.91. The Morgan fingerprint density at radius 3 is 0.750 bits per heavy atom. The molecule has 4 N–H and O–H groups in total. The highest BCUT2D eigenvalue weighted by molar-refractivity contribution is 6.70. The molecule has 0 bridgehead atoms. The van der Waals surface area contributed by atoms with Crippen LogP contribution in [0.5, 0.6) is 0 Å². The molecule has 28 heavy (non-hydrogen) atoms. The van der Waals surface area contributed by atoms with Gasteiger partial charge in [0.2, 0.25) is 0 Å². The molecule has 0 saturated carbocycles. The van der Waals surface area contributed by atoms with E-state index >= 15 is 0 Å². The summed E-state index contributed by atoms with van der Waals surface area (Å²) >= 11 is 0. The molecule has 1 aromatic carbocycles. The van der Waals surface area contributed by atoms with E-state index in [0.717, 1.165) is 0 Å². The van der Waals surface area contributed by atoms with Gasteiger partial charge in [-0.25, -0.2) is 0 Å². The van der Waals surface area contributed by atoms with E-state index in [4.69, 9.17) is 0 Å². The molecular weight excluding hydrogens is 342 g/mol. The van der Waals surface area contributed by atoms with Gasteiger partial charge in [-0.05, 0) is 94.0 Å². The largest absolute Gasteiger partial charge is 0.341 e. The van der Waals surface area contributed by atoms with Gasteiger partial charge < -0.3 is 20.9 Å². The van der Waals surface area contributed by atoms with E-state index in [2.05, 4.69) is 128 Å². The van der Waals surface area contributed by atoms with E-state index in [9.17, 15) is 0 Å². The molecule has 4 nitrogen and oxygen atoms in total. The summed E-state index contributed by atoms with van der Waals surface area (Å²) in [6, 6.07) is 8.94. The number of hydrogen-bond donors (Lipinski definition) is 4. The predicted octanol–water partition coefficient (Wildman–Crippen LogP) is 2.63. The van der Waals surface area contributed by atoms with Crippen LogP contribution in [-0.2, 0) is 0 Å². The Morgan fingerprint density at radius 1 is 0.429 bits per heavy atom. The summed E-state index contributed by atoms with van der Waals surface area (Å²) in [6.45, 7) is 26.6. The summed E-state index contributed by atoms with van der Waals surface area (Å²) in [5.41, 5.74) is 2.58. The molecule has 0 aliphatic carbocycles. The lowest BCUT2D eigenvalue weighted by Crippen LogP contribution is -2.67. The van der Waals surface area contributed by atoms with E-state index in [1.807, 2.05) is 0 Å². The van der Waals surface area contributed by atoms with Crippen LogP contribution in [-0.4, -0.2) is 36.1 Å². The molecule has 0 spiro atoms. The van der Waals surface area contributed by atoms with E-state index in [1.54, 1.807) is 0 Å². The van der Waals surface area contributed by atoms with Crippen molar-refractivity contribution in [2.45, 2.75) is 105 Å². The molecule has 0 aliphatic heterocycles. The zero-order valence-electron chi connectivity index (χ0n) is 20.5. The Kier molecular flexibility index (Phi) is 8.03. The van der Waals surface area contributed by atoms with Crippen LogP contribution in [0.3, 0.4) is 0 Å². The van der Waals surface area contributed by atoms with Gasteiger partial charge in [0.15, 0.2) is 0 Å². The molecule has 0 radical (unpaired) electrons. The van der Waals surface area contributed by atoms with Crippen LogP contribution in [0.1, 0.15) is 83.1 Å². The van der Waals surface area contributed by atoms with Crippen molar-refractivity contribution in [1.29, 1.82) is 0 Å². The molecule has 1 rings (SSSR count). The fourth-order valence-corrected chi connectivity index (χ4v) is 3.02. The summed E-state index contributed by atoms with van der Waals surface area (Å²) < 4.78 is 0. The quantitative estimate of drug-likeness (QED) is 0.568. The van der Waals surface area contributed by atoms with Gasteiger partial charge in [0.25, 0.3) is 0 Å². The van der Waals surface area contributed by atoms with Crippen molar-refractivity contribution >= 4 is 24.9 Å². The van der Waals surface area contributed by atoms with E-state index in [-0.39, 0.29) is 36.1 Å². The minimum Gasteiger partial charge on any atom is -0.333 e. The summed E-state index contributed by atoms with van der Waals surface area (Å²) in [6.07, 6.45) is 0. The summed E-state index contributed by atoms with van der Waals surface area (Å²) in [5, 5.41) is 14.8. The summed E-state index contributed by atoms with van der Waals surface area (Å²) in [7, 11) is 0. The first-order chi connectivity index (χ1) is 12.3. The van der Waals surface area contributed by atoms with Gasteiger partial charge in [0.1, 0.15) is 0 Å². The topological polar surface area (TPSA) is 48.1 Å². The molecular formula is C22H44B2N4. The standard InChI is InChI=1S/C22H44B2N4/c1-19(2,3)25-23(26-20(4,5)6)17-13-15-18(16-14-17)24(27-21(7,8)9)28-22(10,11)12/h13-16,25-28H,1-12H3. The number of nitrogens with one attached hydrogen (secondary N) is 4. The van der Waals surface area contributed by atoms with Crippen molar-refractivity contribution in [2.75, 3.05) is 0 Å². The molecule has 158 valence electrons. The molecule has 0 aromatic heterocycles. The van der Waals surface area contributed by atoms with Crippen molar-refractivity contribution < 1.29 is 0 Å². The predicted molar refractivity (Wildman–Crippen MR) is 129 cm³/mol. The molecule has 0 amide bonds. The second kappa shape index (κ2) is 8.91. The van der Waals surface area contributed by atoms with Gasteiger partial charge in [0.05, 0.1) is 0 Å². The van der Waals surface area contributed by atoms with Gasteiger partial charge in [-0.2, -0.15) is 0 Å². The number of rotatable bonds is 6.